The van der Waals surface area contributed by atoms with Crippen molar-refractivity contribution in [3.63, 3.8) is 0 Å². The van der Waals surface area contributed by atoms with E-state index in [1.807, 2.05) is 31.3 Å². The number of halogens is 1. The standard InChI is InChI=1S/C26H33FN8O/c1-16-12-25(31-23-11-17(2)32-33-23)35(26(30-16)19-5-8-22(36-4)9-6-19)18(3)20-7-10-24(28-13-20)34-15-21(27)14-29-34/h7,10-15,18-19,22,26,30H,5-6,8-9H2,1-4H3,(H,32,33)/t18-,19?,22?,26?/m0/s1. The lowest BCUT2D eigenvalue weighted by atomic mass is 9.83. The predicted molar refractivity (Wildman–Crippen MR) is 135 cm³/mol. The summed E-state index contributed by atoms with van der Waals surface area (Å²) in [5, 5.41) is 15.1. The van der Waals surface area contributed by atoms with Crippen molar-refractivity contribution in [2.24, 2.45) is 10.9 Å². The lowest BCUT2D eigenvalue weighted by Gasteiger charge is -2.47. The number of hydrogen-bond donors (Lipinski definition) is 2. The number of aromatic amines is 1. The molecule has 190 valence electrons. The van der Waals surface area contributed by atoms with Gasteiger partial charge in [-0.3, -0.25) is 5.10 Å². The maximum atomic E-state index is 13.4. The van der Waals surface area contributed by atoms with E-state index < -0.39 is 5.82 Å². The maximum absolute atomic E-state index is 13.4. The molecule has 5 rings (SSSR count). The fourth-order valence-corrected chi connectivity index (χ4v) is 5.21. The molecule has 2 N–H and O–H groups in total. The normalized spacial score (nSPS) is 24.5. The Kier molecular flexibility index (Phi) is 6.86. The molecule has 10 heteroatoms. The lowest BCUT2D eigenvalue weighted by Crippen LogP contribution is -2.56. The predicted octanol–water partition coefficient (Wildman–Crippen LogP) is 4.57. The highest BCUT2D eigenvalue weighted by molar-refractivity contribution is 5.96. The molecule has 2 aliphatic rings. The molecule has 4 heterocycles. The number of aryl methyl sites for hydroxylation is 1. The zero-order chi connectivity index (χ0) is 25.2. The van der Waals surface area contributed by atoms with Gasteiger partial charge < -0.3 is 15.0 Å². The Morgan fingerprint density at radius 3 is 2.58 bits per heavy atom. The number of H-pyrrole nitrogens is 1. The molecule has 0 spiro atoms. The molecule has 0 saturated heterocycles. The topological polar surface area (TPSA) is 96.2 Å². The van der Waals surface area contributed by atoms with E-state index in [1.165, 1.54) is 17.1 Å². The number of hydrogen-bond acceptors (Lipinski definition) is 6. The summed E-state index contributed by atoms with van der Waals surface area (Å²) in [5.41, 5.74) is 3.08. The number of aliphatic imine (C=N–C) groups is 1. The molecule has 0 amide bonds. The first-order chi connectivity index (χ1) is 17.4. The van der Waals surface area contributed by atoms with E-state index >= 15 is 0 Å². The molecule has 36 heavy (non-hydrogen) atoms. The number of methoxy groups -OCH3 is 1. The number of ether oxygens (including phenoxy) is 1. The van der Waals surface area contributed by atoms with Gasteiger partial charge in [-0.15, -0.1) is 0 Å². The molecular formula is C26H33FN8O. The molecule has 1 unspecified atom stereocenters. The molecule has 1 fully saturated rings. The average molecular weight is 493 g/mol. The summed E-state index contributed by atoms with van der Waals surface area (Å²) >= 11 is 0. The Morgan fingerprint density at radius 2 is 1.97 bits per heavy atom. The van der Waals surface area contributed by atoms with Crippen molar-refractivity contribution >= 4 is 11.7 Å². The van der Waals surface area contributed by atoms with Gasteiger partial charge in [0.15, 0.2) is 17.5 Å². The summed E-state index contributed by atoms with van der Waals surface area (Å²) < 4.78 is 20.5. The first kappa shape index (κ1) is 24.2. The molecule has 1 saturated carbocycles. The summed E-state index contributed by atoms with van der Waals surface area (Å²) in [5.74, 6) is 2.13. The first-order valence-corrected chi connectivity index (χ1v) is 12.4. The Morgan fingerprint density at radius 1 is 1.17 bits per heavy atom. The van der Waals surface area contributed by atoms with Gasteiger partial charge in [-0.1, -0.05) is 6.07 Å². The second-order valence-corrected chi connectivity index (χ2v) is 9.70. The van der Waals surface area contributed by atoms with E-state index in [0.29, 0.717) is 23.7 Å². The molecular weight excluding hydrogens is 459 g/mol. The second kappa shape index (κ2) is 10.2. The number of pyridine rings is 1. The number of nitrogens with zero attached hydrogens (tertiary/aromatic N) is 6. The largest absolute Gasteiger partial charge is 0.381 e. The van der Waals surface area contributed by atoms with Crippen LogP contribution in [0.5, 0.6) is 0 Å². The Balaban J connectivity index is 1.48. The van der Waals surface area contributed by atoms with Crippen LogP contribution in [0.15, 0.2) is 53.6 Å². The molecule has 0 aromatic carbocycles. The van der Waals surface area contributed by atoms with Crippen LogP contribution in [-0.2, 0) is 4.74 Å². The summed E-state index contributed by atoms with van der Waals surface area (Å²) in [6.07, 6.45) is 11.0. The molecule has 3 aromatic rings. The molecule has 0 bridgehead atoms. The summed E-state index contributed by atoms with van der Waals surface area (Å²) in [7, 11) is 1.80. The minimum atomic E-state index is -0.392. The Labute approximate surface area is 210 Å². The third kappa shape index (κ3) is 5.04. The van der Waals surface area contributed by atoms with Crippen LogP contribution in [0.1, 0.15) is 56.8 Å². The van der Waals surface area contributed by atoms with Gasteiger partial charge in [-0.25, -0.2) is 19.0 Å². The SMILES string of the molecule is COC1CCC(C2NC(C)=CC(=Nc3cc(C)[nH]n3)N2[C@@H](C)c2ccc(-n3cc(F)cn3)nc2)CC1. The summed E-state index contributed by atoms with van der Waals surface area (Å²) in [6, 6.07) is 5.80. The Hall–Kier alpha value is -3.53. The zero-order valence-corrected chi connectivity index (χ0v) is 21.1. The third-order valence-corrected chi connectivity index (χ3v) is 7.16. The number of amidine groups is 1. The maximum Gasteiger partial charge on any atom is 0.175 e. The van der Waals surface area contributed by atoms with E-state index in [9.17, 15) is 4.39 Å². The summed E-state index contributed by atoms with van der Waals surface area (Å²) in [6.45, 7) is 6.22. The minimum absolute atomic E-state index is 0.0262. The van der Waals surface area contributed by atoms with Gasteiger partial charge in [0.2, 0.25) is 0 Å². The molecule has 1 aliphatic carbocycles. The second-order valence-electron chi connectivity index (χ2n) is 9.70. The van der Waals surface area contributed by atoms with Crippen molar-refractivity contribution in [2.75, 3.05) is 7.11 Å². The molecule has 2 atom stereocenters. The number of nitrogens with one attached hydrogen (secondary N) is 2. The van der Waals surface area contributed by atoms with Gasteiger partial charge in [0.05, 0.1) is 24.5 Å². The van der Waals surface area contributed by atoms with Gasteiger partial charge in [-0.05, 0) is 70.1 Å². The van der Waals surface area contributed by atoms with Gasteiger partial charge in [-0.2, -0.15) is 10.2 Å². The third-order valence-electron chi connectivity index (χ3n) is 7.16. The van der Waals surface area contributed by atoms with E-state index in [-0.39, 0.29) is 12.2 Å². The van der Waals surface area contributed by atoms with Crippen LogP contribution in [-0.4, -0.2) is 55.1 Å². The fraction of sp³-hybridized carbons (Fsp3) is 0.462. The van der Waals surface area contributed by atoms with Crippen LogP contribution >= 0.6 is 0 Å². The highest BCUT2D eigenvalue weighted by Crippen LogP contribution is 2.36. The molecule has 9 nitrogen and oxygen atoms in total. The average Bonchev–Trinajstić information content (AvgIpc) is 3.51. The molecule has 3 aromatic heterocycles. The Bertz CT molecular complexity index is 1240. The number of allylic oxidation sites excluding steroid dienone is 1. The van der Waals surface area contributed by atoms with Crippen LogP contribution < -0.4 is 5.32 Å². The molecule has 0 radical (unpaired) electrons. The highest BCUT2D eigenvalue weighted by atomic mass is 19.1. The lowest BCUT2D eigenvalue weighted by molar-refractivity contribution is 0.0335. The van der Waals surface area contributed by atoms with Crippen LogP contribution in [0.25, 0.3) is 5.82 Å². The van der Waals surface area contributed by atoms with E-state index in [0.717, 1.165) is 48.5 Å². The first-order valence-electron chi connectivity index (χ1n) is 12.4. The van der Waals surface area contributed by atoms with Crippen molar-refractivity contribution in [1.82, 2.24) is 35.2 Å². The molecule has 1 aliphatic heterocycles. The van der Waals surface area contributed by atoms with E-state index in [2.05, 4.69) is 50.4 Å². The van der Waals surface area contributed by atoms with Crippen molar-refractivity contribution in [2.45, 2.75) is 64.8 Å². The quantitative estimate of drug-likeness (QED) is 0.523. The number of rotatable bonds is 6. The highest BCUT2D eigenvalue weighted by Gasteiger charge is 2.37. The van der Waals surface area contributed by atoms with Crippen molar-refractivity contribution in [3.8, 4) is 5.82 Å². The van der Waals surface area contributed by atoms with Crippen LogP contribution in [0, 0.1) is 18.7 Å². The van der Waals surface area contributed by atoms with E-state index in [4.69, 9.17) is 9.73 Å². The van der Waals surface area contributed by atoms with Gasteiger partial charge >= 0.3 is 0 Å². The van der Waals surface area contributed by atoms with Crippen molar-refractivity contribution < 1.29 is 9.13 Å². The van der Waals surface area contributed by atoms with E-state index in [1.54, 1.807) is 7.11 Å². The van der Waals surface area contributed by atoms with Crippen LogP contribution in [0.3, 0.4) is 0 Å². The van der Waals surface area contributed by atoms with Crippen LogP contribution in [0.4, 0.5) is 10.2 Å². The van der Waals surface area contributed by atoms with Crippen LogP contribution in [0.2, 0.25) is 0 Å². The fourth-order valence-electron chi connectivity index (χ4n) is 5.21. The zero-order valence-electron chi connectivity index (χ0n) is 21.1. The summed E-state index contributed by atoms with van der Waals surface area (Å²) in [4.78, 5) is 11.9. The monoisotopic (exact) mass is 492 g/mol. The number of aromatic nitrogens is 5. The van der Waals surface area contributed by atoms with Gasteiger partial charge in [0.1, 0.15) is 12.0 Å². The van der Waals surface area contributed by atoms with Crippen molar-refractivity contribution in [3.05, 3.63) is 65.6 Å². The van der Waals surface area contributed by atoms with Gasteiger partial charge in [0, 0.05) is 30.8 Å². The minimum Gasteiger partial charge on any atom is -0.381 e. The smallest absolute Gasteiger partial charge is 0.175 e. The van der Waals surface area contributed by atoms with Gasteiger partial charge in [0.25, 0.3) is 0 Å². The van der Waals surface area contributed by atoms with Crippen molar-refractivity contribution in [1.29, 1.82) is 0 Å².